The Morgan fingerprint density at radius 3 is 2.81 bits per heavy atom. The lowest BCUT2D eigenvalue weighted by Gasteiger charge is -2.08. The van der Waals surface area contributed by atoms with Crippen LogP contribution < -0.4 is 5.32 Å². The third-order valence-electron chi connectivity index (χ3n) is 2.61. The molecule has 1 aliphatic rings. The Morgan fingerprint density at radius 2 is 2.06 bits per heavy atom. The van der Waals surface area contributed by atoms with Gasteiger partial charge in [0.25, 0.3) is 0 Å². The van der Waals surface area contributed by atoms with Crippen LogP contribution in [0.3, 0.4) is 0 Å². The molecule has 1 aliphatic carbocycles. The Morgan fingerprint density at radius 1 is 1.25 bits per heavy atom. The van der Waals surface area contributed by atoms with Gasteiger partial charge < -0.3 is 5.32 Å². The van der Waals surface area contributed by atoms with E-state index < -0.39 is 0 Å². The van der Waals surface area contributed by atoms with Crippen molar-refractivity contribution in [1.82, 2.24) is 9.97 Å². The van der Waals surface area contributed by atoms with Crippen LogP contribution in [0.4, 0.5) is 5.82 Å². The fraction of sp³-hybridized carbons (Fsp3) is 0.273. The lowest BCUT2D eigenvalue weighted by Crippen LogP contribution is -2.03. The highest BCUT2D eigenvalue weighted by Crippen LogP contribution is 2.32. The Balaban J connectivity index is 2.17. The van der Waals surface area contributed by atoms with Gasteiger partial charge >= 0.3 is 0 Å². The van der Waals surface area contributed by atoms with Crippen LogP contribution in [-0.4, -0.2) is 16.0 Å². The van der Waals surface area contributed by atoms with Crippen LogP contribution in [0.5, 0.6) is 0 Å². The minimum Gasteiger partial charge on any atom is -0.367 e. The van der Waals surface area contributed by atoms with Crippen molar-refractivity contribution >= 4 is 44.1 Å². The summed E-state index contributed by atoms with van der Waals surface area (Å²) in [5.41, 5.74) is 0. The van der Waals surface area contributed by atoms with Crippen molar-refractivity contribution in [3.8, 4) is 0 Å². The standard InChI is InChI=1S/C11H9BrClN3/c12-9-5-15-11(16-6-1-2-6)8-4-14-10(13)3-7(8)9/h3-6H,1-2H2,(H,15,16). The van der Waals surface area contributed by atoms with E-state index in [0.29, 0.717) is 11.2 Å². The molecule has 0 saturated heterocycles. The first-order valence-electron chi connectivity index (χ1n) is 5.10. The summed E-state index contributed by atoms with van der Waals surface area (Å²) in [6.07, 6.45) is 6.00. The molecule has 0 bridgehead atoms. The summed E-state index contributed by atoms with van der Waals surface area (Å²) < 4.78 is 0.938. The highest BCUT2D eigenvalue weighted by molar-refractivity contribution is 9.10. The molecular formula is C11H9BrClN3. The number of hydrogen-bond donors (Lipinski definition) is 1. The van der Waals surface area contributed by atoms with Gasteiger partial charge in [-0.15, -0.1) is 0 Å². The van der Waals surface area contributed by atoms with E-state index in [1.807, 2.05) is 6.07 Å². The second-order valence-corrected chi connectivity index (χ2v) is 5.17. The molecule has 0 radical (unpaired) electrons. The summed E-state index contributed by atoms with van der Waals surface area (Å²) in [5.74, 6) is 0.893. The molecule has 1 saturated carbocycles. The largest absolute Gasteiger partial charge is 0.367 e. The smallest absolute Gasteiger partial charge is 0.135 e. The normalized spacial score (nSPS) is 15.4. The predicted molar refractivity (Wildman–Crippen MR) is 68.9 cm³/mol. The maximum absolute atomic E-state index is 5.89. The summed E-state index contributed by atoms with van der Waals surface area (Å²) in [6.45, 7) is 0. The molecule has 0 aliphatic heterocycles. The molecule has 1 N–H and O–H groups in total. The van der Waals surface area contributed by atoms with Crippen molar-refractivity contribution in [2.45, 2.75) is 18.9 Å². The molecule has 0 unspecified atom stereocenters. The number of anilines is 1. The van der Waals surface area contributed by atoms with E-state index in [1.54, 1.807) is 12.4 Å². The molecule has 5 heteroatoms. The first-order valence-corrected chi connectivity index (χ1v) is 6.27. The maximum atomic E-state index is 5.89. The number of pyridine rings is 2. The molecule has 16 heavy (non-hydrogen) atoms. The number of nitrogens with one attached hydrogen (secondary N) is 1. The first kappa shape index (κ1) is 10.3. The zero-order chi connectivity index (χ0) is 11.1. The fourth-order valence-corrected chi connectivity index (χ4v) is 2.20. The van der Waals surface area contributed by atoms with Crippen LogP contribution in [0, 0.1) is 0 Å². The van der Waals surface area contributed by atoms with E-state index in [2.05, 4.69) is 31.2 Å². The molecule has 0 amide bonds. The number of rotatable bonds is 2. The summed E-state index contributed by atoms with van der Waals surface area (Å²) in [4.78, 5) is 8.48. The van der Waals surface area contributed by atoms with E-state index in [0.717, 1.165) is 21.1 Å². The van der Waals surface area contributed by atoms with Gasteiger partial charge in [0.2, 0.25) is 0 Å². The van der Waals surface area contributed by atoms with Gasteiger partial charge in [0.05, 0.1) is 0 Å². The van der Waals surface area contributed by atoms with E-state index in [1.165, 1.54) is 12.8 Å². The maximum Gasteiger partial charge on any atom is 0.135 e. The lowest BCUT2D eigenvalue weighted by molar-refractivity contribution is 1.12. The monoisotopic (exact) mass is 297 g/mol. The van der Waals surface area contributed by atoms with Gasteiger partial charge in [-0.2, -0.15) is 0 Å². The second-order valence-electron chi connectivity index (χ2n) is 3.93. The molecule has 2 aromatic rings. The number of fused-ring (bicyclic) bond motifs is 1. The van der Waals surface area contributed by atoms with Gasteiger partial charge in [0, 0.05) is 33.7 Å². The van der Waals surface area contributed by atoms with E-state index in [4.69, 9.17) is 11.6 Å². The molecule has 1 fully saturated rings. The van der Waals surface area contributed by atoms with Crippen LogP contribution in [0.15, 0.2) is 22.9 Å². The molecular weight excluding hydrogens is 289 g/mol. The fourth-order valence-electron chi connectivity index (χ4n) is 1.61. The third-order valence-corrected chi connectivity index (χ3v) is 3.45. The van der Waals surface area contributed by atoms with E-state index in [-0.39, 0.29) is 0 Å². The van der Waals surface area contributed by atoms with Crippen LogP contribution in [-0.2, 0) is 0 Å². The number of nitrogens with zero attached hydrogens (tertiary/aromatic N) is 2. The number of aromatic nitrogens is 2. The van der Waals surface area contributed by atoms with Crippen LogP contribution in [0.1, 0.15) is 12.8 Å². The SMILES string of the molecule is Clc1cc2c(Br)cnc(NC3CC3)c2cn1. The average Bonchev–Trinajstić information content (AvgIpc) is 3.06. The highest BCUT2D eigenvalue weighted by atomic mass is 79.9. The quantitative estimate of drug-likeness (QED) is 0.861. The Bertz CT molecular complexity index is 554. The molecule has 3 rings (SSSR count). The zero-order valence-electron chi connectivity index (χ0n) is 8.37. The first-order chi connectivity index (χ1) is 7.74. The van der Waals surface area contributed by atoms with Gasteiger partial charge in [-0.3, -0.25) is 0 Å². The van der Waals surface area contributed by atoms with Crippen molar-refractivity contribution in [2.75, 3.05) is 5.32 Å². The zero-order valence-corrected chi connectivity index (χ0v) is 10.7. The number of halogens is 2. The lowest BCUT2D eigenvalue weighted by atomic mass is 10.2. The minimum atomic E-state index is 0.497. The van der Waals surface area contributed by atoms with Crippen molar-refractivity contribution in [2.24, 2.45) is 0 Å². The molecule has 2 heterocycles. The Hall–Kier alpha value is -0.870. The summed E-state index contributed by atoms with van der Waals surface area (Å²) in [6, 6.07) is 2.42. The minimum absolute atomic E-state index is 0.497. The van der Waals surface area contributed by atoms with Gasteiger partial charge in [-0.05, 0) is 34.8 Å². The third kappa shape index (κ3) is 1.87. The van der Waals surface area contributed by atoms with Crippen molar-refractivity contribution in [3.63, 3.8) is 0 Å². The Kier molecular flexibility index (Phi) is 2.48. The number of hydrogen-bond acceptors (Lipinski definition) is 3. The van der Waals surface area contributed by atoms with E-state index in [9.17, 15) is 0 Å². The topological polar surface area (TPSA) is 37.8 Å². The second kappa shape index (κ2) is 3.86. The predicted octanol–water partition coefficient (Wildman–Crippen LogP) is 3.62. The molecule has 3 nitrogen and oxygen atoms in total. The highest BCUT2D eigenvalue weighted by Gasteiger charge is 2.22. The average molecular weight is 299 g/mol. The summed E-state index contributed by atoms with van der Waals surface area (Å²) in [7, 11) is 0. The van der Waals surface area contributed by atoms with Crippen LogP contribution >= 0.6 is 27.5 Å². The summed E-state index contributed by atoms with van der Waals surface area (Å²) in [5, 5.41) is 5.93. The molecule has 0 spiro atoms. The van der Waals surface area contributed by atoms with E-state index >= 15 is 0 Å². The Labute approximate surface area is 106 Å². The van der Waals surface area contributed by atoms with Gasteiger partial charge in [0.1, 0.15) is 11.0 Å². The van der Waals surface area contributed by atoms with Crippen molar-refractivity contribution < 1.29 is 0 Å². The van der Waals surface area contributed by atoms with Gasteiger partial charge in [-0.1, -0.05) is 11.6 Å². The summed E-state index contributed by atoms with van der Waals surface area (Å²) >= 11 is 9.36. The van der Waals surface area contributed by atoms with Crippen molar-refractivity contribution in [3.05, 3.63) is 28.1 Å². The van der Waals surface area contributed by atoms with Crippen molar-refractivity contribution in [1.29, 1.82) is 0 Å². The van der Waals surface area contributed by atoms with Crippen LogP contribution in [0.2, 0.25) is 5.15 Å². The molecule has 0 atom stereocenters. The molecule has 2 aromatic heterocycles. The van der Waals surface area contributed by atoms with Gasteiger partial charge in [0.15, 0.2) is 0 Å². The van der Waals surface area contributed by atoms with Gasteiger partial charge in [-0.25, -0.2) is 9.97 Å². The molecule has 0 aromatic carbocycles. The molecule has 82 valence electrons. The van der Waals surface area contributed by atoms with Crippen LogP contribution in [0.25, 0.3) is 10.8 Å².